The zero-order valence-corrected chi connectivity index (χ0v) is 9.39. The van der Waals surface area contributed by atoms with Gasteiger partial charge in [0.05, 0.1) is 17.3 Å². The van der Waals surface area contributed by atoms with Crippen LogP contribution in [-0.4, -0.2) is 25.2 Å². The van der Waals surface area contributed by atoms with Crippen LogP contribution in [0.4, 0.5) is 0 Å². The molecule has 0 fully saturated rings. The van der Waals surface area contributed by atoms with Crippen LogP contribution >= 0.6 is 11.5 Å². The van der Waals surface area contributed by atoms with Crippen LogP contribution in [0.1, 0.15) is 10.4 Å². The zero-order valence-electron chi connectivity index (χ0n) is 8.57. The molecule has 0 atom stereocenters. The first kappa shape index (κ1) is 9.98. The molecule has 0 radical (unpaired) electrons. The van der Waals surface area contributed by atoms with Crippen molar-refractivity contribution in [1.29, 1.82) is 0 Å². The van der Waals surface area contributed by atoms with Gasteiger partial charge in [-0.1, -0.05) is 12.1 Å². The third-order valence-corrected chi connectivity index (χ3v) is 3.27. The van der Waals surface area contributed by atoms with Gasteiger partial charge < -0.3 is 5.11 Å². The fraction of sp³-hybridized carbons (Fsp3) is 0. The molecule has 0 bridgehead atoms. The number of nitrogens with zero attached hydrogens (tertiary/aromatic N) is 3. The molecule has 3 rings (SSSR count). The van der Waals surface area contributed by atoms with Crippen molar-refractivity contribution in [1.82, 2.24) is 14.2 Å². The smallest absolute Gasteiger partial charge is 0.338 e. The fourth-order valence-electron chi connectivity index (χ4n) is 1.59. The van der Waals surface area contributed by atoms with Crippen LogP contribution in [0.25, 0.3) is 15.9 Å². The van der Waals surface area contributed by atoms with E-state index in [4.69, 9.17) is 5.11 Å². The molecule has 0 aliphatic rings. The SMILES string of the molecule is O=C(O)c1cnn(-c2snc3ccccc23)c1. The lowest BCUT2D eigenvalue weighted by atomic mass is 10.2. The van der Waals surface area contributed by atoms with Gasteiger partial charge in [-0.3, -0.25) is 0 Å². The number of carbonyl (C=O) groups is 1. The predicted octanol–water partition coefficient (Wildman–Crippen LogP) is 2.18. The van der Waals surface area contributed by atoms with Crippen LogP contribution in [-0.2, 0) is 0 Å². The van der Waals surface area contributed by atoms with Gasteiger partial charge in [0.15, 0.2) is 0 Å². The first-order chi connectivity index (χ1) is 8.25. The lowest BCUT2D eigenvalue weighted by molar-refractivity contribution is 0.0697. The standard InChI is InChI=1S/C11H7N3O2S/c15-11(16)7-5-12-14(6-7)10-8-3-1-2-4-9(8)13-17-10/h1-6H,(H,15,16). The quantitative estimate of drug-likeness (QED) is 0.751. The molecular weight excluding hydrogens is 238 g/mol. The number of aromatic carboxylic acids is 1. The van der Waals surface area contributed by atoms with Crippen molar-refractivity contribution in [2.45, 2.75) is 0 Å². The second-order valence-corrected chi connectivity index (χ2v) is 4.24. The number of rotatable bonds is 2. The Labute approximate surface area is 100 Å². The molecule has 2 heterocycles. The summed E-state index contributed by atoms with van der Waals surface area (Å²) < 4.78 is 5.83. The second kappa shape index (κ2) is 3.67. The van der Waals surface area contributed by atoms with E-state index in [0.29, 0.717) is 0 Å². The van der Waals surface area contributed by atoms with E-state index < -0.39 is 5.97 Å². The normalized spacial score (nSPS) is 10.8. The predicted molar refractivity (Wildman–Crippen MR) is 63.7 cm³/mol. The van der Waals surface area contributed by atoms with Gasteiger partial charge in [-0.05, 0) is 23.7 Å². The molecule has 6 heteroatoms. The molecule has 2 aromatic heterocycles. The highest BCUT2D eigenvalue weighted by atomic mass is 32.1. The molecule has 84 valence electrons. The summed E-state index contributed by atoms with van der Waals surface area (Å²) in [5.74, 6) is -0.981. The Kier molecular flexibility index (Phi) is 2.15. The van der Waals surface area contributed by atoms with Crippen LogP contribution < -0.4 is 0 Å². The maximum atomic E-state index is 10.8. The van der Waals surface area contributed by atoms with E-state index in [1.165, 1.54) is 23.9 Å². The van der Waals surface area contributed by atoms with E-state index in [9.17, 15) is 4.79 Å². The van der Waals surface area contributed by atoms with E-state index in [-0.39, 0.29) is 5.56 Å². The van der Waals surface area contributed by atoms with Gasteiger partial charge in [-0.2, -0.15) is 9.47 Å². The molecule has 0 unspecified atom stereocenters. The van der Waals surface area contributed by atoms with E-state index in [1.54, 1.807) is 4.68 Å². The van der Waals surface area contributed by atoms with Crippen molar-refractivity contribution in [2.24, 2.45) is 0 Å². The highest BCUT2D eigenvalue weighted by Crippen LogP contribution is 2.25. The number of benzene rings is 1. The van der Waals surface area contributed by atoms with Gasteiger partial charge in [-0.25, -0.2) is 9.48 Å². The molecule has 5 nitrogen and oxygen atoms in total. The van der Waals surface area contributed by atoms with Crippen LogP contribution in [0.2, 0.25) is 0 Å². The highest BCUT2D eigenvalue weighted by molar-refractivity contribution is 7.10. The molecule has 0 aliphatic heterocycles. The zero-order chi connectivity index (χ0) is 11.8. The van der Waals surface area contributed by atoms with Gasteiger partial charge in [0.2, 0.25) is 0 Å². The molecule has 0 spiro atoms. The average Bonchev–Trinajstić information content (AvgIpc) is 2.95. The molecule has 0 amide bonds. The van der Waals surface area contributed by atoms with Crippen LogP contribution in [0.5, 0.6) is 0 Å². The number of hydrogen-bond acceptors (Lipinski definition) is 4. The highest BCUT2D eigenvalue weighted by Gasteiger charge is 2.11. The minimum absolute atomic E-state index is 0.169. The van der Waals surface area contributed by atoms with Crippen molar-refractivity contribution >= 4 is 28.4 Å². The van der Waals surface area contributed by atoms with Gasteiger partial charge in [0.25, 0.3) is 0 Å². The first-order valence-electron chi connectivity index (χ1n) is 4.88. The third kappa shape index (κ3) is 1.58. The minimum Gasteiger partial charge on any atom is -0.478 e. The average molecular weight is 245 g/mol. The Morgan fingerprint density at radius 2 is 2.18 bits per heavy atom. The van der Waals surface area contributed by atoms with Crippen molar-refractivity contribution in [3.8, 4) is 5.00 Å². The third-order valence-electron chi connectivity index (χ3n) is 2.40. The van der Waals surface area contributed by atoms with E-state index in [2.05, 4.69) is 9.47 Å². The maximum absolute atomic E-state index is 10.8. The number of aromatic nitrogens is 3. The Balaban J connectivity index is 2.17. The van der Waals surface area contributed by atoms with Gasteiger partial charge in [0.1, 0.15) is 5.00 Å². The van der Waals surface area contributed by atoms with Gasteiger partial charge in [0, 0.05) is 11.6 Å². The van der Waals surface area contributed by atoms with Crippen LogP contribution in [0.3, 0.4) is 0 Å². The Bertz CT molecular complexity index is 701. The molecule has 1 aromatic carbocycles. The fourth-order valence-corrected chi connectivity index (χ4v) is 2.38. The largest absolute Gasteiger partial charge is 0.478 e. The summed E-state index contributed by atoms with van der Waals surface area (Å²) in [6.07, 6.45) is 2.82. The topological polar surface area (TPSA) is 68.0 Å². The van der Waals surface area contributed by atoms with Gasteiger partial charge >= 0.3 is 5.97 Å². The van der Waals surface area contributed by atoms with Crippen LogP contribution in [0, 0.1) is 0 Å². The number of carboxylic acids is 1. The Morgan fingerprint density at radius 3 is 2.94 bits per heavy atom. The Hall–Kier alpha value is -2.21. The molecule has 1 N–H and O–H groups in total. The number of fused-ring (bicyclic) bond motifs is 1. The maximum Gasteiger partial charge on any atom is 0.338 e. The molecule has 17 heavy (non-hydrogen) atoms. The van der Waals surface area contributed by atoms with Gasteiger partial charge in [-0.15, -0.1) is 0 Å². The minimum atomic E-state index is -0.981. The number of hydrogen-bond donors (Lipinski definition) is 1. The molecule has 0 saturated heterocycles. The van der Waals surface area contributed by atoms with Crippen molar-refractivity contribution < 1.29 is 9.90 Å². The van der Waals surface area contributed by atoms with E-state index in [0.717, 1.165) is 15.9 Å². The summed E-state index contributed by atoms with van der Waals surface area (Å²) in [5, 5.41) is 14.7. The summed E-state index contributed by atoms with van der Waals surface area (Å²) in [6.45, 7) is 0. The lowest BCUT2D eigenvalue weighted by Crippen LogP contribution is -1.94. The van der Waals surface area contributed by atoms with Crippen molar-refractivity contribution in [3.63, 3.8) is 0 Å². The second-order valence-electron chi connectivity index (χ2n) is 3.48. The van der Waals surface area contributed by atoms with E-state index >= 15 is 0 Å². The van der Waals surface area contributed by atoms with Crippen molar-refractivity contribution in [2.75, 3.05) is 0 Å². The Morgan fingerprint density at radius 1 is 1.35 bits per heavy atom. The summed E-state index contributed by atoms with van der Waals surface area (Å²) in [6, 6.07) is 7.69. The molecule has 0 aliphatic carbocycles. The lowest BCUT2D eigenvalue weighted by Gasteiger charge is -1.95. The summed E-state index contributed by atoms with van der Waals surface area (Å²) in [4.78, 5) is 10.8. The first-order valence-corrected chi connectivity index (χ1v) is 5.66. The summed E-state index contributed by atoms with van der Waals surface area (Å²) >= 11 is 1.30. The van der Waals surface area contributed by atoms with E-state index in [1.807, 2.05) is 24.3 Å². The number of carboxylic acid groups (broad SMARTS) is 1. The van der Waals surface area contributed by atoms with Crippen LogP contribution in [0.15, 0.2) is 36.7 Å². The summed E-state index contributed by atoms with van der Waals surface area (Å²) in [7, 11) is 0. The molecule has 3 aromatic rings. The molecular formula is C11H7N3O2S. The summed E-state index contributed by atoms with van der Waals surface area (Å²) in [5.41, 5.74) is 1.06. The monoisotopic (exact) mass is 245 g/mol. The molecule has 0 saturated carbocycles. The van der Waals surface area contributed by atoms with Crippen molar-refractivity contribution in [3.05, 3.63) is 42.2 Å².